The summed E-state index contributed by atoms with van der Waals surface area (Å²) in [4.78, 5) is 21.6. The van der Waals surface area contributed by atoms with Gasteiger partial charge in [-0.25, -0.2) is 4.39 Å². The van der Waals surface area contributed by atoms with Crippen LogP contribution in [0.2, 0.25) is 0 Å². The van der Waals surface area contributed by atoms with Gasteiger partial charge in [0, 0.05) is 6.04 Å². The number of carbonyl (C=O) groups is 1. The molecule has 1 heterocycles. The topological polar surface area (TPSA) is 51.1 Å². The van der Waals surface area contributed by atoms with Crippen LogP contribution in [0.3, 0.4) is 0 Å². The molecule has 0 unspecified atom stereocenters. The van der Waals surface area contributed by atoms with E-state index in [1.165, 1.54) is 62.4 Å². The molecule has 38 heavy (non-hydrogen) atoms. The van der Waals surface area contributed by atoms with Crippen LogP contribution >= 0.6 is 34.4 Å². The molecular weight excluding hydrogens is 614 g/mol. The van der Waals surface area contributed by atoms with E-state index in [9.17, 15) is 9.18 Å². The number of halogens is 2. The highest BCUT2D eigenvalue weighted by atomic mass is 127. The third-order valence-electron chi connectivity index (χ3n) is 7.47. The van der Waals surface area contributed by atoms with Crippen LogP contribution in [0, 0.1) is 9.39 Å². The van der Waals surface area contributed by atoms with Crippen LogP contribution in [0.25, 0.3) is 6.08 Å². The van der Waals surface area contributed by atoms with Crippen LogP contribution in [0.15, 0.2) is 46.3 Å². The van der Waals surface area contributed by atoms with Gasteiger partial charge in [0.25, 0.3) is 5.91 Å². The Balaban J connectivity index is 1.40. The molecule has 2 aromatic carbocycles. The summed E-state index contributed by atoms with van der Waals surface area (Å²) in [6.45, 7) is 0.232. The first-order chi connectivity index (χ1) is 18.5. The molecule has 1 amide bonds. The number of nitrogens with zero attached hydrogens (tertiary/aromatic N) is 2. The van der Waals surface area contributed by atoms with Gasteiger partial charge in [-0.05, 0) is 102 Å². The number of benzene rings is 2. The average Bonchev–Trinajstić information content (AvgIpc) is 3.22. The molecule has 202 valence electrons. The highest BCUT2D eigenvalue weighted by molar-refractivity contribution is 14.1. The minimum Gasteiger partial charge on any atom is -0.493 e. The molecule has 1 aliphatic heterocycles. The molecule has 2 aromatic rings. The molecule has 0 N–H and O–H groups in total. The Hall–Kier alpha value is -2.07. The lowest BCUT2D eigenvalue weighted by Gasteiger charge is -2.31. The summed E-state index contributed by atoms with van der Waals surface area (Å²) in [6, 6.07) is 10.8. The molecule has 2 aliphatic carbocycles. The summed E-state index contributed by atoms with van der Waals surface area (Å²) in [7, 11) is 1.60. The maximum atomic E-state index is 13.7. The molecular formula is C30H34FIN2O3S. The van der Waals surface area contributed by atoms with Gasteiger partial charge >= 0.3 is 0 Å². The number of aliphatic imine (C=N–C) groups is 1. The first-order valence-electron chi connectivity index (χ1n) is 13.6. The van der Waals surface area contributed by atoms with Crippen molar-refractivity contribution in [1.82, 2.24) is 4.90 Å². The fourth-order valence-corrected chi connectivity index (χ4v) is 7.39. The van der Waals surface area contributed by atoms with Crippen molar-refractivity contribution in [3.63, 3.8) is 0 Å². The van der Waals surface area contributed by atoms with Crippen molar-refractivity contribution in [3.8, 4) is 11.5 Å². The summed E-state index contributed by atoms with van der Waals surface area (Å²) >= 11 is 3.74. The Morgan fingerprint density at radius 2 is 1.82 bits per heavy atom. The van der Waals surface area contributed by atoms with Gasteiger partial charge in [-0.1, -0.05) is 50.7 Å². The van der Waals surface area contributed by atoms with E-state index >= 15 is 0 Å². The lowest BCUT2D eigenvalue weighted by molar-refractivity contribution is -0.124. The summed E-state index contributed by atoms with van der Waals surface area (Å²) in [5.41, 5.74) is 1.62. The van der Waals surface area contributed by atoms with Crippen molar-refractivity contribution >= 4 is 51.5 Å². The minimum atomic E-state index is -0.290. The molecule has 0 spiro atoms. The van der Waals surface area contributed by atoms with Gasteiger partial charge in [0.2, 0.25) is 0 Å². The second-order valence-corrected chi connectivity index (χ2v) is 12.4. The molecule has 2 saturated carbocycles. The van der Waals surface area contributed by atoms with Crippen molar-refractivity contribution in [1.29, 1.82) is 0 Å². The smallest absolute Gasteiger partial charge is 0.266 e. The Morgan fingerprint density at radius 3 is 2.53 bits per heavy atom. The van der Waals surface area contributed by atoms with Crippen molar-refractivity contribution < 1.29 is 18.7 Å². The van der Waals surface area contributed by atoms with Crippen LogP contribution < -0.4 is 9.47 Å². The molecule has 0 radical (unpaired) electrons. The van der Waals surface area contributed by atoms with Gasteiger partial charge in [-0.3, -0.25) is 14.7 Å². The normalized spacial score (nSPS) is 21.4. The van der Waals surface area contributed by atoms with E-state index in [0.717, 1.165) is 45.5 Å². The van der Waals surface area contributed by atoms with Crippen molar-refractivity contribution in [3.05, 3.63) is 61.8 Å². The van der Waals surface area contributed by atoms with Crippen molar-refractivity contribution in [2.45, 2.75) is 82.9 Å². The quantitative estimate of drug-likeness (QED) is 0.226. The fraction of sp³-hybridized carbons (Fsp3) is 0.467. The number of thioether (sulfide) groups is 1. The lowest BCUT2D eigenvalue weighted by atomic mass is 9.94. The number of ether oxygens (including phenoxy) is 2. The number of hydrogen-bond acceptors (Lipinski definition) is 5. The van der Waals surface area contributed by atoms with Gasteiger partial charge in [0.1, 0.15) is 12.4 Å². The van der Waals surface area contributed by atoms with E-state index in [2.05, 4.69) is 22.6 Å². The Labute approximate surface area is 242 Å². The second-order valence-electron chi connectivity index (χ2n) is 10.2. The van der Waals surface area contributed by atoms with Gasteiger partial charge in [0.15, 0.2) is 16.7 Å². The Morgan fingerprint density at radius 1 is 1.08 bits per heavy atom. The number of amides is 1. The zero-order chi connectivity index (χ0) is 26.5. The van der Waals surface area contributed by atoms with E-state index in [1.54, 1.807) is 13.2 Å². The molecule has 0 bridgehead atoms. The average molecular weight is 649 g/mol. The van der Waals surface area contributed by atoms with Gasteiger partial charge in [-0.15, -0.1) is 0 Å². The molecule has 3 fully saturated rings. The number of carbonyl (C=O) groups excluding carboxylic acids is 1. The largest absolute Gasteiger partial charge is 0.493 e. The SMILES string of the molecule is COc1cc(C=C2SC(=NC3CCCCC3)N(C3CCCCC3)C2=O)cc(I)c1OCc1cccc(F)c1. The number of amidine groups is 1. The van der Waals surface area contributed by atoms with Crippen LogP contribution in [0.5, 0.6) is 11.5 Å². The zero-order valence-corrected chi connectivity index (χ0v) is 24.7. The van der Waals surface area contributed by atoms with Crippen LogP contribution in [0.4, 0.5) is 4.39 Å². The molecule has 0 atom stereocenters. The number of rotatable bonds is 7. The van der Waals surface area contributed by atoms with Crippen LogP contribution in [-0.4, -0.2) is 35.2 Å². The van der Waals surface area contributed by atoms with Crippen LogP contribution in [0.1, 0.15) is 75.3 Å². The first kappa shape index (κ1) is 27.5. The van der Waals surface area contributed by atoms with E-state index in [-0.39, 0.29) is 24.4 Å². The third-order valence-corrected chi connectivity index (χ3v) is 9.26. The van der Waals surface area contributed by atoms with E-state index in [4.69, 9.17) is 14.5 Å². The third kappa shape index (κ3) is 6.55. The van der Waals surface area contributed by atoms with Crippen molar-refractivity contribution in [2.75, 3.05) is 7.11 Å². The lowest BCUT2D eigenvalue weighted by Crippen LogP contribution is -2.41. The van der Waals surface area contributed by atoms with Gasteiger partial charge < -0.3 is 9.47 Å². The van der Waals surface area contributed by atoms with Crippen molar-refractivity contribution in [2.24, 2.45) is 4.99 Å². The summed E-state index contributed by atoms with van der Waals surface area (Å²) in [5.74, 6) is 0.961. The molecule has 0 aromatic heterocycles. The van der Waals surface area contributed by atoms with Gasteiger partial charge in [0.05, 0.1) is 21.6 Å². The number of methoxy groups -OCH3 is 1. The first-order valence-corrected chi connectivity index (χ1v) is 15.5. The van der Waals surface area contributed by atoms with E-state index in [0.29, 0.717) is 22.4 Å². The predicted octanol–water partition coefficient (Wildman–Crippen LogP) is 7.96. The zero-order valence-electron chi connectivity index (χ0n) is 21.8. The van der Waals surface area contributed by atoms with E-state index in [1.807, 2.05) is 29.2 Å². The maximum Gasteiger partial charge on any atom is 0.266 e. The highest BCUT2D eigenvalue weighted by Crippen LogP contribution is 2.40. The molecule has 5 rings (SSSR count). The van der Waals surface area contributed by atoms with Gasteiger partial charge in [-0.2, -0.15) is 0 Å². The standard InChI is InChI=1S/C30H34FIN2O3S/c1-36-26-17-21(16-25(32)28(26)37-19-20-9-8-10-22(31)15-20)18-27-29(35)34(24-13-6-3-7-14-24)30(38-27)33-23-11-4-2-5-12-23/h8-10,15-18,23-24H,2-7,11-14,19H2,1H3. The second kappa shape index (κ2) is 12.9. The summed E-state index contributed by atoms with van der Waals surface area (Å²) in [6.07, 6.45) is 13.6. The molecule has 8 heteroatoms. The van der Waals surface area contributed by atoms with E-state index < -0.39 is 0 Å². The monoisotopic (exact) mass is 648 g/mol. The minimum absolute atomic E-state index is 0.0665. The molecule has 5 nitrogen and oxygen atoms in total. The maximum absolute atomic E-state index is 13.7. The molecule has 1 saturated heterocycles. The predicted molar refractivity (Wildman–Crippen MR) is 160 cm³/mol. The summed E-state index contributed by atoms with van der Waals surface area (Å²) in [5, 5.41) is 0.886. The molecule has 3 aliphatic rings. The summed E-state index contributed by atoms with van der Waals surface area (Å²) < 4.78 is 26.1. The fourth-order valence-electron chi connectivity index (χ4n) is 5.50. The Bertz CT molecular complexity index is 1220. The van der Waals surface area contributed by atoms with Crippen LogP contribution in [-0.2, 0) is 11.4 Å². The highest BCUT2D eigenvalue weighted by Gasteiger charge is 2.39. The Kier molecular flexibility index (Phi) is 9.30. The number of hydrogen-bond donors (Lipinski definition) is 0.